The average molecular weight is 153 g/mol. The van der Waals surface area contributed by atoms with Crippen LogP contribution in [0, 0.1) is 0 Å². The lowest BCUT2D eigenvalue weighted by atomic mass is 10.5. The number of halogens is 1. The van der Waals surface area contributed by atoms with Crippen molar-refractivity contribution in [3.05, 3.63) is 0 Å². The molecule has 0 heterocycles. The lowest BCUT2D eigenvalue weighted by Crippen LogP contribution is -2.17. The van der Waals surface area contributed by atoms with Crippen molar-refractivity contribution in [2.45, 2.75) is 18.9 Å². The number of carbonyl (C=O) groups is 1. The van der Waals surface area contributed by atoms with Crippen LogP contribution in [0.1, 0.15) is 13.3 Å². The third-order valence-electron chi connectivity index (χ3n) is 0.662. The Bertz CT molecular complexity index is 94.2. The molecule has 0 fully saturated rings. The van der Waals surface area contributed by atoms with E-state index >= 15 is 0 Å². The molecule has 0 aliphatic carbocycles. The van der Waals surface area contributed by atoms with Crippen LogP contribution in [0.15, 0.2) is 0 Å². The van der Waals surface area contributed by atoms with Crippen molar-refractivity contribution in [3.63, 3.8) is 0 Å². The second-order valence-corrected chi connectivity index (χ2v) is 1.92. The molecule has 0 radical (unpaired) electrons. The summed E-state index contributed by atoms with van der Waals surface area (Å²) in [6.07, 6.45) is 0.774. The van der Waals surface area contributed by atoms with Crippen molar-refractivity contribution in [3.8, 4) is 0 Å². The Balaban J connectivity index is 3.27. The molecule has 3 nitrogen and oxygen atoms in total. The van der Waals surface area contributed by atoms with Crippen LogP contribution in [0.4, 0.5) is 0 Å². The average Bonchev–Trinajstić information content (AvgIpc) is 1.82. The van der Waals surface area contributed by atoms with Gasteiger partial charge >= 0.3 is 5.97 Å². The highest BCUT2D eigenvalue weighted by Crippen LogP contribution is 1.97. The highest BCUT2D eigenvalue weighted by Gasteiger charge is 2.11. The van der Waals surface area contributed by atoms with Crippen LogP contribution >= 0.6 is 11.6 Å². The van der Waals surface area contributed by atoms with E-state index in [-0.39, 0.29) is 0 Å². The minimum Gasteiger partial charge on any atom is -0.478 e. The molecular formula is C5H9ClO3. The van der Waals surface area contributed by atoms with E-state index in [1.807, 2.05) is 6.92 Å². The Morgan fingerprint density at radius 3 is 2.78 bits per heavy atom. The first-order chi connectivity index (χ1) is 4.18. The standard InChI is InChI=1S/C5H9ClO3/c1-2-3-9-4(6)5(7)8/h4H,2-3H2,1H3,(H,7,8). The summed E-state index contributed by atoms with van der Waals surface area (Å²) in [4.78, 5) is 9.95. The minimum absolute atomic E-state index is 0.389. The van der Waals surface area contributed by atoms with Crippen molar-refractivity contribution in [1.29, 1.82) is 0 Å². The third kappa shape index (κ3) is 4.24. The number of rotatable bonds is 4. The van der Waals surface area contributed by atoms with Gasteiger partial charge in [-0.05, 0) is 6.42 Å². The number of hydrogen-bond donors (Lipinski definition) is 1. The Morgan fingerprint density at radius 1 is 1.89 bits per heavy atom. The fourth-order valence-electron chi connectivity index (χ4n) is 0.293. The highest BCUT2D eigenvalue weighted by molar-refractivity contribution is 6.28. The largest absolute Gasteiger partial charge is 0.478 e. The molecule has 54 valence electrons. The molecule has 0 saturated carbocycles. The monoisotopic (exact) mass is 152 g/mol. The van der Waals surface area contributed by atoms with Crippen LogP contribution in [0.25, 0.3) is 0 Å². The number of alkyl halides is 1. The van der Waals surface area contributed by atoms with Crippen LogP contribution in [0.3, 0.4) is 0 Å². The predicted molar refractivity (Wildman–Crippen MR) is 33.5 cm³/mol. The summed E-state index contributed by atoms with van der Waals surface area (Å²) in [6.45, 7) is 2.27. The quantitative estimate of drug-likeness (QED) is 0.613. The van der Waals surface area contributed by atoms with Gasteiger partial charge in [0.2, 0.25) is 5.56 Å². The Labute approximate surface area is 58.6 Å². The molecule has 0 bridgehead atoms. The van der Waals surface area contributed by atoms with Crippen molar-refractivity contribution < 1.29 is 14.6 Å². The topological polar surface area (TPSA) is 46.5 Å². The number of ether oxygens (including phenoxy) is 1. The second-order valence-electron chi connectivity index (χ2n) is 1.53. The predicted octanol–water partition coefficient (Wildman–Crippen LogP) is 1.06. The van der Waals surface area contributed by atoms with E-state index in [0.29, 0.717) is 6.61 Å². The van der Waals surface area contributed by atoms with Crippen LogP contribution in [-0.4, -0.2) is 23.2 Å². The summed E-state index contributed by atoms with van der Waals surface area (Å²) >= 11 is 5.17. The van der Waals surface area contributed by atoms with Gasteiger partial charge in [-0.1, -0.05) is 18.5 Å². The molecular weight excluding hydrogens is 144 g/mol. The molecule has 0 aliphatic heterocycles. The molecule has 0 saturated heterocycles. The van der Waals surface area contributed by atoms with Crippen molar-refractivity contribution in [2.24, 2.45) is 0 Å². The maximum atomic E-state index is 9.95. The normalized spacial score (nSPS) is 13.1. The van der Waals surface area contributed by atoms with Crippen molar-refractivity contribution >= 4 is 17.6 Å². The molecule has 9 heavy (non-hydrogen) atoms. The van der Waals surface area contributed by atoms with E-state index in [0.717, 1.165) is 6.42 Å². The molecule has 0 aromatic heterocycles. The number of hydrogen-bond acceptors (Lipinski definition) is 2. The fourth-order valence-corrected chi connectivity index (χ4v) is 0.382. The van der Waals surface area contributed by atoms with Gasteiger partial charge in [0.15, 0.2) is 0 Å². The zero-order valence-electron chi connectivity index (χ0n) is 5.13. The summed E-state index contributed by atoms with van der Waals surface area (Å²) in [7, 11) is 0. The highest BCUT2D eigenvalue weighted by atomic mass is 35.5. The van der Waals surface area contributed by atoms with Gasteiger partial charge in [0.05, 0.1) is 0 Å². The second kappa shape index (κ2) is 4.58. The van der Waals surface area contributed by atoms with Gasteiger partial charge in [0.25, 0.3) is 0 Å². The lowest BCUT2D eigenvalue weighted by molar-refractivity contribution is -0.144. The van der Waals surface area contributed by atoms with Gasteiger partial charge in [-0.3, -0.25) is 0 Å². The molecule has 1 N–H and O–H groups in total. The smallest absolute Gasteiger partial charge is 0.348 e. The number of carboxylic acids is 1. The van der Waals surface area contributed by atoms with Gasteiger partial charge in [0, 0.05) is 6.61 Å². The fraction of sp³-hybridized carbons (Fsp3) is 0.800. The summed E-state index contributed by atoms with van der Waals surface area (Å²) in [5, 5.41) is 8.15. The van der Waals surface area contributed by atoms with E-state index in [2.05, 4.69) is 4.74 Å². The summed E-state index contributed by atoms with van der Waals surface area (Å²) in [5.41, 5.74) is -1.19. The zero-order chi connectivity index (χ0) is 7.28. The van der Waals surface area contributed by atoms with Crippen LogP contribution in [0.5, 0.6) is 0 Å². The lowest BCUT2D eigenvalue weighted by Gasteiger charge is -2.02. The first-order valence-corrected chi connectivity index (χ1v) is 3.10. The first-order valence-electron chi connectivity index (χ1n) is 2.67. The van der Waals surface area contributed by atoms with E-state index in [1.165, 1.54) is 0 Å². The number of aliphatic carboxylic acids is 1. The Kier molecular flexibility index (Phi) is 4.44. The van der Waals surface area contributed by atoms with Gasteiger partial charge in [0.1, 0.15) is 0 Å². The maximum Gasteiger partial charge on any atom is 0.348 e. The van der Waals surface area contributed by atoms with Gasteiger partial charge in [-0.25, -0.2) is 4.79 Å². The minimum atomic E-state index is -1.19. The van der Waals surface area contributed by atoms with E-state index in [1.54, 1.807) is 0 Å². The van der Waals surface area contributed by atoms with E-state index < -0.39 is 11.5 Å². The zero-order valence-corrected chi connectivity index (χ0v) is 5.89. The maximum absolute atomic E-state index is 9.95. The van der Waals surface area contributed by atoms with Crippen LogP contribution in [-0.2, 0) is 9.53 Å². The summed E-state index contributed by atoms with van der Waals surface area (Å²) in [6, 6.07) is 0. The molecule has 0 aromatic rings. The molecule has 4 heteroatoms. The van der Waals surface area contributed by atoms with Crippen molar-refractivity contribution in [1.82, 2.24) is 0 Å². The Morgan fingerprint density at radius 2 is 2.44 bits per heavy atom. The molecule has 1 atom stereocenters. The van der Waals surface area contributed by atoms with Gasteiger partial charge < -0.3 is 9.84 Å². The van der Waals surface area contributed by atoms with Crippen molar-refractivity contribution in [2.75, 3.05) is 6.61 Å². The molecule has 0 rings (SSSR count). The molecule has 0 aromatic carbocycles. The first kappa shape index (κ1) is 8.72. The van der Waals surface area contributed by atoms with Crippen LogP contribution in [0.2, 0.25) is 0 Å². The molecule has 0 amide bonds. The summed E-state index contributed by atoms with van der Waals surface area (Å²) < 4.78 is 4.62. The Hall–Kier alpha value is -0.280. The molecule has 0 aliphatic rings. The summed E-state index contributed by atoms with van der Waals surface area (Å²) in [5.74, 6) is -1.13. The number of carboxylic acid groups (broad SMARTS) is 1. The SMILES string of the molecule is CCCOC(Cl)C(=O)O. The molecule has 0 spiro atoms. The molecule has 1 unspecified atom stereocenters. The third-order valence-corrected chi connectivity index (χ3v) is 0.975. The van der Waals surface area contributed by atoms with Gasteiger partial charge in [-0.2, -0.15) is 0 Å². The van der Waals surface area contributed by atoms with Crippen LogP contribution < -0.4 is 0 Å². The van der Waals surface area contributed by atoms with E-state index in [4.69, 9.17) is 16.7 Å². The van der Waals surface area contributed by atoms with Gasteiger partial charge in [-0.15, -0.1) is 0 Å². The van der Waals surface area contributed by atoms with E-state index in [9.17, 15) is 4.79 Å².